The second-order valence-corrected chi connectivity index (χ2v) is 11.6. The van der Waals surface area contributed by atoms with Crippen molar-refractivity contribution in [3.8, 4) is 11.1 Å². The summed E-state index contributed by atoms with van der Waals surface area (Å²) in [7, 11) is 0. The number of ether oxygens (including phenoxy) is 4. The van der Waals surface area contributed by atoms with E-state index in [0.29, 0.717) is 52.3 Å². The van der Waals surface area contributed by atoms with E-state index in [2.05, 4.69) is 24.3 Å². The van der Waals surface area contributed by atoms with Crippen LogP contribution in [0.15, 0.2) is 78.9 Å². The van der Waals surface area contributed by atoms with Gasteiger partial charge in [-0.1, -0.05) is 85.8 Å². The molecule has 0 aliphatic heterocycles. The third-order valence-electron chi connectivity index (χ3n) is 8.18. The molecule has 1 aliphatic carbocycles. The van der Waals surface area contributed by atoms with Crippen LogP contribution in [0, 0.1) is 12.3 Å². The van der Waals surface area contributed by atoms with Gasteiger partial charge in [0, 0.05) is 50.5 Å². The SMILES string of the molecule is CCC(=O)C(CC(=O)[CH]CC(=O)COCCOCCOCCCC(=O)OCC1c2ccccc2-c2ccccc21)Cc1ccccc1. The lowest BCUT2D eigenvalue weighted by Crippen LogP contribution is -2.21. The lowest BCUT2D eigenvalue weighted by molar-refractivity contribution is -0.144. The van der Waals surface area contributed by atoms with Crippen LogP contribution in [0.2, 0.25) is 0 Å². The molecule has 249 valence electrons. The van der Waals surface area contributed by atoms with Gasteiger partial charge in [0.25, 0.3) is 0 Å². The van der Waals surface area contributed by atoms with Crippen molar-refractivity contribution < 1.29 is 38.1 Å². The van der Waals surface area contributed by atoms with Gasteiger partial charge < -0.3 is 18.9 Å². The molecule has 47 heavy (non-hydrogen) atoms. The van der Waals surface area contributed by atoms with Gasteiger partial charge in [-0.2, -0.15) is 0 Å². The summed E-state index contributed by atoms with van der Waals surface area (Å²) in [5.74, 6) is -0.943. The van der Waals surface area contributed by atoms with Gasteiger partial charge in [0.05, 0.1) is 26.4 Å². The van der Waals surface area contributed by atoms with Crippen molar-refractivity contribution in [2.45, 2.75) is 51.4 Å². The number of ketones is 3. The lowest BCUT2D eigenvalue weighted by Gasteiger charge is -2.14. The monoisotopic (exact) mass is 641 g/mol. The number of Topliss-reactive ketones (excluding diaryl/α,β-unsaturated/α-hetero) is 3. The van der Waals surface area contributed by atoms with E-state index in [4.69, 9.17) is 18.9 Å². The molecule has 8 heteroatoms. The number of carbonyl (C=O) groups excluding carboxylic acids is 4. The summed E-state index contributed by atoms with van der Waals surface area (Å²) in [5.41, 5.74) is 5.80. The molecule has 0 N–H and O–H groups in total. The van der Waals surface area contributed by atoms with Crippen molar-refractivity contribution in [3.63, 3.8) is 0 Å². The summed E-state index contributed by atoms with van der Waals surface area (Å²) in [5, 5.41) is 0. The number of hydrogen-bond donors (Lipinski definition) is 0. The van der Waals surface area contributed by atoms with Crippen LogP contribution in [0.3, 0.4) is 0 Å². The first-order valence-corrected chi connectivity index (χ1v) is 16.5. The minimum Gasteiger partial charge on any atom is -0.465 e. The molecule has 4 rings (SSSR count). The van der Waals surface area contributed by atoms with Crippen LogP contribution in [0.5, 0.6) is 0 Å². The molecule has 1 atom stereocenters. The van der Waals surface area contributed by atoms with E-state index >= 15 is 0 Å². The summed E-state index contributed by atoms with van der Waals surface area (Å²) in [4.78, 5) is 49.3. The molecule has 0 spiro atoms. The molecular weight excluding hydrogens is 596 g/mol. The molecule has 1 unspecified atom stereocenters. The Morgan fingerprint density at radius 2 is 1.34 bits per heavy atom. The molecule has 0 saturated carbocycles. The minimum absolute atomic E-state index is 0.0259. The maximum Gasteiger partial charge on any atom is 0.305 e. The third-order valence-corrected chi connectivity index (χ3v) is 8.18. The Bertz CT molecular complexity index is 1400. The third kappa shape index (κ3) is 11.6. The van der Waals surface area contributed by atoms with E-state index in [1.807, 2.05) is 54.6 Å². The Morgan fingerprint density at radius 1 is 0.745 bits per heavy atom. The van der Waals surface area contributed by atoms with Crippen LogP contribution in [-0.2, 0) is 44.5 Å². The quantitative estimate of drug-likeness (QED) is 0.0900. The zero-order valence-electron chi connectivity index (χ0n) is 27.2. The molecule has 0 heterocycles. The Kier molecular flexibility index (Phi) is 15.0. The molecule has 1 aliphatic rings. The molecule has 0 bridgehead atoms. The van der Waals surface area contributed by atoms with Crippen LogP contribution in [0.4, 0.5) is 0 Å². The van der Waals surface area contributed by atoms with Gasteiger partial charge in [-0.3, -0.25) is 19.2 Å². The molecule has 0 saturated heterocycles. The fourth-order valence-electron chi connectivity index (χ4n) is 5.73. The number of carbonyl (C=O) groups is 4. The van der Waals surface area contributed by atoms with E-state index in [1.165, 1.54) is 28.7 Å². The first-order chi connectivity index (χ1) is 23.0. The highest BCUT2D eigenvalue weighted by Crippen LogP contribution is 2.44. The van der Waals surface area contributed by atoms with Gasteiger partial charge in [0.1, 0.15) is 24.8 Å². The van der Waals surface area contributed by atoms with Gasteiger partial charge in [-0.25, -0.2) is 0 Å². The summed E-state index contributed by atoms with van der Waals surface area (Å²) in [6, 6.07) is 26.1. The van der Waals surface area contributed by atoms with Crippen LogP contribution in [-0.4, -0.2) is 69.6 Å². The number of rotatable bonds is 23. The number of fused-ring (bicyclic) bond motifs is 3. The highest BCUT2D eigenvalue weighted by Gasteiger charge is 2.29. The van der Waals surface area contributed by atoms with Gasteiger partial charge in [0.2, 0.25) is 0 Å². The molecule has 0 fully saturated rings. The van der Waals surface area contributed by atoms with Crippen LogP contribution < -0.4 is 0 Å². The largest absolute Gasteiger partial charge is 0.465 e. The van der Waals surface area contributed by atoms with Gasteiger partial charge in [-0.15, -0.1) is 0 Å². The Balaban J connectivity index is 0.972. The van der Waals surface area contributed by atoms with E-state index < -0.39 is 0 Å². The Hall–Kier alpha value is -3.98. The summed E-state index contributed by atoms with van der Waals surface area (Å²) in [6.07, 6.45) is 3.15. The fraction of sp³-hybridized carbons (Fsp3) is 0.410. The smallest absolute Gasteiger partial charge is 0.305 e. The maximum atomic E-state index is 12.4. The molecule has 3 aromatic rings. The molecule has 3 aromatic carbocycles. The minimum atomic E-state index is -0.389. The van der Waals surface area contributed by atoms with Crippen LogP contribution >= 0.6 is 0 Å². The summed E-state index contributed by atoms with van der Waals surface area (Å²) < 4.78 is 22.0. The lowest BCUT2D eigenvalue weighted by atomic mass is 9.88. The molecule has 0 amide bonds. The Labute approximate surface area is 277 Å². The van der Waals surface area contributed by atoms with E-state index in [9.17, 15) is 19.2 Å². The average molecular weight is 642 g/mol. The van der Waals surface area contributed by atoms with Gasteiger partial charge in [-0.05, 0) is 40.7 Å². The van der Waals surface area contributed by atoms with Crippen molar-refractivity contribution in [3.05, 3.63) is 102 Å². The molecular formula is C39H45O8. The highest BCUT2D eigenvalue weighted by molar-refractivity contribution is 5.96. The molecule has 0 aromatic heterocycles. The van der Waals surface area contributed by atoms with Crippen molar-refractivity contribution in [1.82, 2.24) is 0 Å². The van der Waals surface area contributed by atoms with Crippen LogP contribution in [0.25, 0.3) is 11.1 Å². The number of hydrogen-bond acceptors (Lipinski definition) is 8. The fourth-order valence-corrected chi connectivity index (χ4v) is 5.73. The van der Waals surface area contributed by atoms with Crippen molar-refractivity contribution >= 4 is 23.3 Å². The maximum absolute atomic E-state index is 12.4. The standard InChI is InChI=1S/C39H45O8/c1-2-38(42)30(25-29-11-4-3-5-12-29)26-31(40)18-19-32(41)27-46-24-23-45-22-21-44-20-10-17-39(43)47-28-37-35-15-8-6-13-33(35)34-14-7-9-16-36(34)37/h3-9,11-16,18,30,37H,2,10,17,19-28H2,1H3. The van der Waals surface area contributed by atoms with E-state index in [-0.39, 0.29) is 67.6 Å². The van der Waals surface area contributed by atoms with Gasteiger partial charge in [0.15, 0.2) is 5.78 Å². The topological polar surface area (TPSA) is 105 Å². The van der Waals surface area contributed by atoms with Crippen molar-refractivity contribution in [1.29, 1.82) is 0 Å². The second kappa shape index (κ2) is 19.6. The summed E-state index contributed by atoms with van der Waals surface area (Å²) >= 11 is 0. The normalized spacial score (nSPS) is 12.7. The zero-order chi connectivity index (χ0) is 33.3. The van der Waals surface area contributed by atoms with E-state index in [1.54, 1.807) is 6.92 Å². The summed E-state index contributed by atoms with van der Waals surface area (Å²) in [6.45, 7) is 3.73. The van der Waals surface area contributed by atoms with Crippen LogP contribution in [0.1, 0.15) is 61.6 Å². The molecule has 1 radical (unpaired) electrons. The highest BCUT2D eigenvalue weighted by atomic mass is 16.5. The number of esters is 1. The first kappa shape index (κ1) is 35.9. The van der Waals surface area contributed by atoms with Gasteiger partial charge >= 0.3 is 5.97 Å². The predicted octanol–water partition coefficient (Wildman–Crippen LogP) is 6.13. The predicted molar refractivity (Wildman–Crippen MR) is 179 cm³/mol. The molecule has 8 nitrogen and oxygen atoms in total. The zero-order valence-corrected chi connectivity index (χ0v) is 27.2. The average Bonchev–Trinajstić information content (AvgIpc) is 3.42. The second-order valence-electron chi connectivity index (χ2n) is 11.6. The van der Waals surface area contributed by atoms with E-state index in [0.717, 1.165) is 5.56 Å². The van der Waals surface area contributed by atoms with Crippen molar-refractivity contribution in [2.75, 3.05) is 46.2 Å². The Morgan fingerprint density at radius 3 is 2.00 bits per heavy atom. The number of benzene rings is 3. The van der Waals surface area contributed by atoms with Crippen molar-refractivity contribution in [2.24, 2.45) is 5.92 Å². The first-order valence-electron chi connectivity index (χ1n) is 16.5.